The van der Waals surface area contributed by atoms with Crippen molar-refractivity contribution in [2.75, 3.05) is 0 Å². The summed E-state index contributed by atoms with van der Waals surface area (Å²) >= 11 is 6.00. The number of ether oxygens (including phenoxy) is 1. The minimum absolute atomic E-state index is 0.0622. The number of nitrogens with one attached hydrogen (secondary N) is 1. The topological polar surface area (TPSA) is 38.3 Å². The summed E-state index contributed by atoms with van der Waals surface area (Å²) in [5.41, 5.74) is 0.635. The van der Waals surface area contributed by atoms with Crippen LogP contribution in [0.15, 0.2) is 66.7 Å². The number of carbonyl (C=O) groups is 1. The average molecular weight is 476 g/mol. The molecule has 0 aliphatic carbocycles. The molecule has 0 radical (unpaired) electrons. The van der Waals surface area contributed by atoms with Gasteiger partial charge in [0.15, 0.2) is 23.1 Å². The van der Waals surface area contributed by atoms with E-state index in [9.17, 15) is 18.0 Å². The molecule has 0 saturated heterocycles. The average Bonchev–Trinajstić information content (AvgIpc) is 2.77. The van der Waals surface area contributed by atoms with Gasteiger partial charge in [-0.15, -0.1) is 0 Å². The molecule has 0 aromatic heterocycles. The van der Waals surface area contributed by atoms with Crippen molar-refractivity contribution < 1.29 is 22.7 Å². The van der Waals surface area contributed by atoms with Crippen molar-refractivity contribution in [1.82, 2.24) is 5.32 Å². The monoisotopic (exact) mass is 475 g/mol. The quantitative estimate of drug-likeness (QED) is 0.380. The van der Waals surface area contributed by atoms with E-state index in [2.05, 4.69) is 5.32 Å². The van der Waals surface area contributed by atoms with E-state index in [1.54, 1.807) is 0 Å². The molecular formula is C26H25ClF3NO2. The van der Waals surface area contributed by atoms with Crippen LogP contribution in [-0.2, 0) is 11.2 Å². The van der Waals surface area contributed by atoms with E-state index in [1.807, 2.05) is 61.5 Å². The summed E-state index contributed by atoms with van der Waals surface area (Å²) in [6.45, 7) is 4.84. The number of carbonyl (C=O) groups excluding carboxylic acids is 1. The van der Waals surface area contributed by atoms with Crippen LogP contribution in [0.2, 0.25) is 5.02 Å². The smallest absolute Gasteiger partial charge is 0.263 e. The van der Waals surface area contributed by atoms with Gasteiger partial charge in [-0.2, -0.15) is 0 Å². The Labute approximate surface area is 196 Å². The van der Waals surface area contributed by atoms with Crippen molar-refractivity contribution in [2.45, 2.75) is 44.8 Å². The van der Waals surface area contributed by atoms with Gasteiger partial charge in [-0.3, -0.25) is 4.79 Å². The third kappa shape index (κ3) is 6.29. The van der Waals surface area contributed by atoms with Gasteiger partial charge in [0.25, 0.3) is 5.91 Å². The van der Waals surface area contributed by atoms with E-state index in [0.29, 0.717) is 23.6 Å². The van der Waals surface area contributed by atoms with Crippen LogP contribution in [0.25, 0.3) is 0 Å². The number of benzene rings is 3. The molecule has 0 fully saturated rings. The molecule has 33 heavy (non-hydrogen) atoms. The minimum Gasteiger partial charge on any atom is -0.478 e. The first kappa shape index (κ1) is 24.6. The Morgan fingerprint density at radius 2 is 1.58 bits per heavy atom. The summed E-state index contributed by atoms with van der Waals surface area (Å²) in [6.07, 6.45) is 0.651. The second kappa shape index (κ2) is 10.3. The van der Waals surface area contributed by atoms with Gasteiger partial charge in [-0.05, 0) is 50.5 Å². The van der Waals surface area contributed by atoms with E-state index in [0.717, 1.165) is 11.1 Å². The molecule has 1 N–H and O–H groups in total. The summed E-state index contributed by atoms with van der Waals surface area (Å²) in [7, 11) is 0. The van der Waals surface area contributed by atoms with Crippen LogP contribution >= 0.6 is 11.6 Å². The first-order valence-electron chi connectivity index (χ1n) is 10.5. The Kier molecular flexibility index (Phi) is 7.69. The Morgan fingerprint density at radius 1 is 1.00 bits per heavy atom. The molecular weight excluding hydrogens is 451 g/mol. The van der Waals surface area contributed by atoms with Gasteiger partial charge in [-0.25, -0.2) is 13.2 Å². The fraction of sp³-hybridized carbons (Fsp3) is 0.269. The molecule has 3 aromatic rings. The second-order valence-corrected chi connectivity index (χ2v) is 8.86. The zero-order chi connectivity index (χ0) is 24.2. The Balaban J connectivity index is 1.78. The van der Waals surface area contributed by atoms with Gasteiger partial charge in [0.2, 0.25) is 0 Å². The summed E-state index contributed by atoms with van der Waals surface area (Å²) < 4.78 is 45.9. The number of hydrogen-bond donors (Lipinski definition) is 1. The normalized spacial score (nSPS) is 13.3. The van der Waals surface area contributed by atoms with Crippen LogP contribution in [0.4, 0.5) is 13.2 Å². The standard InChI is InChI=1S/C26H25ClF3NO2/c1-16(21(18-7-5-4-6-8-18)13-17-9-11-19(27)12-10-17)31-25(32)26(2,3)33-20-14-22(28)24(30)23(29)15-20/h4-12,14-16,21H,13H2,1-3H3,(H,31,32)/t16-,21?/m0/s1. The minimum atomic E-state index is -1.59. The predicted octanol–water partition coefficient (Wildman–Crippen LogP) is 6.45. The molecule has 0 bridgehead atoms. The maximum absolute atomic E-state index is 13.5. The van der Waals surface area contributed by atoms with Crippen LogP contribution < -0.4 is 10.1 Å². The maximum Gasteiger partial charge on any atom is 0.263 e. The van der Waals surface area contributed by atoms with Gasteiger partial charge in [0.05, 0.1) is 0 Å². The molecule has 0 heterocycles. The highest BCUT2D eigenvalue weighted by Crippen LogP contribution is 2.27. The molecule has 0 aliphatic heterocycles. The van der Waals surface area contributed by atoms with E-state index >= 15 is 0 Å². The van der Waals surface area contributed by atoms with Crippen molar-refractivity contribution in [3.8, 4) is 5.75 Å². The predicted molar refractivity (Wildman–Crippen MR) is 123 cm³/mol. The largest absolute Gasteiger partial charge is 0.478 e. The van der Waals surface area contributed by atoms with E-state index < -0.39 is 29.0 Å². The maximum atomic E-state index is 13.5. The zero-order valence-electron chi connectivity index (χ0n) is 18.5. The van der Waals surface area contributed by atoms with Crippen LogP contribution in [0, 0.1) is 17.5 Å². The molecule has 0 saturated carbocycles. The molecule has 0 aliphatic rings. The zero-order valence-corrected chi connectivity index (χ0v) is 19.3. The Hall–Kier alpha value is -2.99. The van der Waals surface area contributed by atoms with Gasteiger partial charge in [0, 0.05) is 29.1 Å². The molecule has 3 rings (SSSR count). The van der Waals surface area contributed by atoms with Crippen molar-refractivity contribution in [1.29, 1.82) is 0 Å². The SMILES string of the molecule is C[C@H](NC(=O)C(C)(C)Oc1cc(F)c(F)c(F)c1)C(Cc1ccc(Cl)cc1)c1ccccc1. The van der Waals surface area contributed by atoms with Crippen LogP contribution in [0.5, 0.6) is 5.75 Å². The third-order valence-corrected chi connectivity index (χ3v) is 5.69. The molecule has 2 atom stereocenters. The Morgan fingerprint density at radius 3 is 2.15 bits per heavy atom. The summed E-state index contributed by atoms with van der Waals surface area (Å²) in [5, 5.41) is 3.60. The lowest BCUT2D eigenvalue weighted by molar-refractivity contribution is -0.135. The molecule has 0 spiro atoms. The lowest BCUT2D eigenvalue weighted by Gasteiger charge is -2.31. The van der Waals surface area contributed by atoms with Crippen molar-refractivity contribution in [2.24, 2.45) is 0 Å². The van der Waals surface area contributed by atoms with E-state index in [4.69, 9.17) is 16.3 Å². The van der Waals surface area contributed by atoms with Gasteiger partial charge < -0.3 is 10.1 Å². The van der Waals surface area contributed by atoms with Crippen LogP contribution in [-0.4, -0.2) is 17.6 Å². The summed E-state index contributed by atoms with van der Waals surface area (Å²) in [5.74, 6) is -5.18. The highest BCUT2D eigenvalue weighted by atomic mass is 35.5. The lowest BCUT2D eigenvalue weighted by Crippen LogP contribution is -2.51. The molecule has 7 heteroatoms. The summed E-state index contributed by atoms with van der Waals surface area (Å²) in [6, 6.07) is 18.4. The second-order valence-electron chi connectivity index (χ2n) is 8.42. The van der Waals surface area contributed by atoms with Crippen molar-refractivity contribution in [3.05, 3.63) is 100 Å². The number of hydrogen-bond acceptors (Lipinski definition) is 2. The third-order valence-electron chi connectivity index (χ3n) is 5.44. The lowest BCUT2D eigenvalue weighted by atomic mass is 9.86. The molecule has 174 valence electrons. The molecule has 1 amide bonds. The molecule has 3 nitrogen and oxygen atoms in total. The fourth-order valence-corrected chi connectivity index (χ4v) is 3.70. The first-order chi connectivity index (χ1) is 15.6. The van der Waals surface area contributed by atoms with E-state index in [-0.39, 0.29) is 17.7 Å². The van der Waals surface area contributed by atoms with Crippen LogP contribution in [0.3, 0.4) is 0 Å². The Bertz CT molecular complexity index is 1080. The van der Waals surface area contributed by atoms with Gasteiger partial charge in [-0.1, -0.05) is 54.1 Å². The molecule has 1 unspecified atom stereocenters. The number of halogens is 4. The summed E-state index contributed by atoms with van der Waals surface area (Å²) in [4.78, 5) is 13.0. The molecule has 3 aromatic carbocycles. The van der Waals surface area contributed by atoms with Gasteiger partial charge >= 0.3 is 0 Å². The fourth-order valence-electron chi connectivity index (χ4n) is 3.57. The number of amides is 1. The highest BCUT2D eigenvalue weighted by molar-refractivity contribution is 6.30. The van der Waals surface area contributed by atoms with Crippen LogP contribution in [0.1, 0.15) is 37.8 Å². The van der Waals surface area contributed by atoms with Crippen molar-refractivity contribution in [3.63, 3.8) is 0 Å². The van der Waals surface area contributed by atoms with Crippen molar-refractivity contribution >= 4 is 17.5 Å². The van der Waals surface area contributed by atoms with E-state index in [1.165, 1.54) is 13.8 Å². The highest BCUT2D eigenvalue weighted by Gasteiger charge is 2.33. The first-order valence-corrected chi connectivity index (χ1v) is 10.9. The van der Waals surface area contributed by atoms with Gasteiger partial charge in [0.1, 0.15) is 5.75 Å². The number of rotatable bonds is 8.